The number of hydrogen-bond acceptors (Lipinski definition) is 2. The van der Waals surface area contributed by atoms with Gasteiger partial charge in [0.1, 0.15) is 0 Å². The van der Waals surface area contributed by atoms with E-state index in [2.05, 4.69) is 6.92 Å². The van der Waals surface area contributed by atoms with Crippen molar-refractivity contribution in [1.82, 2.24) is 0 Å². The molecule has 0 saturated heterocycles. The number of rotatable bonds is 8. The molecule has 0 spiro atoms. The second-order valence-corrected chi connectivity index (χ2v) is 3.96. The standard InChI is InChI=1S/C11H24O2/c1-4-6-7-8-9-13-10-11(3,12)5-2/h12H,4-10H2,1-3H3. The van der Waals surface area contributed by atoms with E-state index in [1.807, 2.05) is 13.8 Å². The molecule has 13 heavy (non-hydrogen) atoms. The van der Waals surface area contributed by atoms with Crippen LogP contribution in [0.4, 0.5) is 0 Å². The van der Waals surface area contributed by atoms with E-state index in [1.165, 1.54) is 19.3 Å². The third-order valence-electron chi connectivity index (χ3n) is 2.32. The Morgan fingerprint density at radius 3 is 2.38 bits per heavy atom. The van der Waals surface area contributed by atoms with E-state index in [-0.39, 0.29) is 0 Å². The molecule has 0 aromatic rings. The summed E-state index contributed by atoms with van der Waals surface area (Å²) in [6.45, 7) is 7.24. The third-order valence-corrected chi connectivity index (χ3v) is 2.32. The molecular weight excluding hydrogens is 164 g/mol. The van der Waals surface area contributed by atoms with E-state index in [0.717, 1.165) is 19.4 Å². The van der Waals surface area contributed by atoms with Crippen LogP contribution >= 0.6 is 0 Å². The molecule has 80 valence electrons. The van der Waals surface area contributed by atoms with Gasteiger partial charge in [0.25, 0.3) is 0 Å². The molecule has 1 atom stereocenters. The lowest BCUT2D eigenvalue weighted by Crippen LogP contribution is -2.29. The van der Waals surface area contributed by atoms with Crippen LogP contribution in [0.15, 0.2) is 0 Å². The Hall–Kier alpha value is -0.0800. The van der Waals surface area contributed by atoms with Gasteiger partial charge in [-0.2, -0.15) is 0 Å². The average molecular weight is 188 g/mol. The van der Waals surface area contributed by atoms with Crippen molar-refractivity contribution < 1.29 is 9.84 Å². The lowest BCUT2D eigenvalue weighted by molar-refractivity contribution is -0.0364. The highest BCUT2D eigenvalue weighted by Gasteiger charge is 2.16. The topological polar surface area (TPSA) is 29.5 Å². The van der Waals surface area contributed by atoms with Gasteiger partial charge in [-0.1, -0.05) is 33.1 Å². The number of ether oxygens (including phenoxy) is 1. The number of unbranched alkanes of at least 4 members (excludes halogenated alkanes) is 3. The molecule has 0 bridgehead atoms. The Kier molecular flexibility index (Phi) is 7.29. The first-order valence-corrected chi connectivity index (χ1v) is 5.42. The summed E-state index contributed by atoms with van der Waals surface area (Å²) in [7, 11) is 0. The quantitative estimate of drug-likeness (QED) is 0.593. The summed E-state index contributed by atoms with van der Waals surface area (Å²) in [6, 6.07) is 0. The van der Waals surface area contributed by atoms with Crippen molar-refractivity contribution in [3.8, 4) is 0 Å². The fourth-order valence-electron chi connectivity index (χ4n) is 1.03. The van der Waals surface area contributed by atoms with Crippen LogP contribution in [-0.2, 0) is 4.74 Å². The van der Waals surface area contributed by atoms with E-state index >= 15 is 0 Å². The summed E-state index contributed by atoms with van der Waals surface area (Å²) in [5.41, 5.74) is -0.634. The van der Waals surface area contributed by atoms with Crippen molar-refractivity contribution in [2.24, 2.45) is 0 Å². The van der Waals surface area contributed by atoms with Gasteiger partial charge < -0.3 is 9.84 Å². The molecule has 0 saturated carbocycles. The second kappa shape index (κ2) is 7.34. The zero-order valence-corrected chi connectivity index (χ0v) is 9.31. The minimum atomic E-state index is -0.634. The summed E-state index contributed by atoms with van der Waals surface area (Å²) in [4.78, 5) is 0. The Bertz CT molecular complexity index is 111. The highest BCUT2D eigenvalue weighted by Crippen LogP contribution is 2.09. The first kappa shape index (κ1) is 12.9. The van der Waals surface area contributed by atoms with Crippen LogP contribution in [0.25, 0.3) is 0 Å². The maximum atomic E-state index is 9.60. The third kappa shape index (κ3) is 8.26. The van der Waals surface area contributed by atoms with Gasteiger partial charge in [0.15, 0.2) is 0 Å². The molecule has 1 N–H and O–H groups in total. The van der Waals surface area contributed by atoms with Crippen LogP contribution in [0.2, 0.25) is 0 Å². The second-order valence-electron chi connectivity index (χ2n) is 3.96. The molecule has 1 unspecified atom stereocenters. The van der Waals surface area contributed by atoms with Crippen molar-refractivity contribution in [2.75, 3.05) is 13.2 Å². The summed E-state index contributed by atoms with van der Waals surface area (Å²) >= 11 is 0. The maximum absolute atomic E-state index is 9.60. The zero-order chi connectivity index (χ0) is 10.2. The van der Waals surface area contributed by atoms with E-state index in [1.54, 1.807) is 0 Å². The fraction of sp³-hybridized carbons (Fsp3) is 1.00. The normalized spacial score (nSPS) is 15.7. The van der Waals surface area contributed by atoms with E-state index in [0.29, 0.717) is 6.61 Å². The first-order chi connectivity index (χ1) is 6.12. The summed E-state index contributed by atoms with van der Waals surface area (Å²) in [5, 5.41) is 9.60. The minimum Gasteiger partial charge on any atom is -0.388 e. The van der Waals surface area contributed by atoms with Crippen molar-refractivity contribution in [3.05, 3.63) is 0 Å². The predicted octanol–water partition coefficient (Wildman–Crippen LogP) is 2.74. The molecule has 0 aromatic heterocycles. The van der Waals surface area contributed by atoms with Gasteiger partial charge in [-0.3, -0.25) is 0 Å². The smallest absolute Gasteiger partial charge is 0.0849 e. The molecular formula is C11H24O2. The van der Waals surface area contributed by atoms with E-state index in [4.69, 9.17) is 4.74 Å². The number of hydrogen-bond donors (Lipinski definition) is 1. The van der Waals surface area contributed by atoms with Crippen LogP contribution in [0.3, 0.4) is 0 Å². The van der Waals surface area contributed by atoms with Gasteiger partial charge in [0, 0.05) is 6.61 Å². The Morgan fingerprint density at radius 1 is 1.15 bits per heavy atom. The van der Waals surface area contributed by atoms with Crippen molar-refractivity contribution in [2.45, 2.75) is 58.5 Å². The minimum absolute atomic E-state index is 0.468. The van der Waals surface area contributed by atoms with Gasteiger partial charge in [0.2, 0.25) is 0 Å². The van der Waals surface area contributed by atoms with E-state index < -0.39 is 5.60 Å². The lowest BCUT2D eigenvalue weighted by atomic mass is 10.1. The molecule has 2 heteroatoms. The van der Waals surface area contributed by atoms with Crippen LogP contribution in [0.1, 0.15) is 52.9 Å². The Labute approximate surface area is 82.3 Å². The SMILES string of the molecule is CCCCCCOCC(C)(O)CC. The summed E-state index contributed by atoms with van der Waals surface area (Å²) in [6.07, 6.45) is 5.65. The highest BCUT2D eigenvalue weighted by atomic mass is 16.5. The van der Waals surface area contributed by atoms with Crippen LogP contribution in [0.5, 0.6) is 0 Å². The van der Waals surface area contributed by atoms with Gasteiger partial charge in [-0.05, 0) is 19.8 Å². The van der Waals surface area contributed by atoms with Crippen LogP contribution in [0, 0.1) is 0 Å². The zero-order valence-electron chi connectivity index (χ0n) is 9.31. The molecule has 2 nitrogen and oxygen atoms in total. The average Bonchev–Trinajstić information content (AvgIpc) is 2.11. The highest BCUT2D eigenvalue weighted by molar-refractivity contribution is 4.68. The molecule has 0 radical (unpaired) electrons. The van der Waals surface area contributed by atoms with Gasteiger partial charge in [-0.25, -0.2) is 0 Å². The lowest BCUT2D eigenvalue weighted by Gasteiger charge is -2.20. The molecule has 0 aliphatic carbocycles. The first-order valence-electron chi connectivity index (χ1n) is 5.42. The number of aliphatic hydroxyl groups is 1. The van der Waals surface area contributed by atoms with Crippen molar-refractivity contribution in [3.63, 3.8) is 0 Å². The Balaban J connectivity index is 3.16. The van der Waals surface area contributed by atoms with Gasteiger partial charge >= 0.3 is 0 Å². The summed E-state index contributed by atoms with van der Waals surface area (Å²) in [5.74, 6) is 0. The molecule has 0 rings (SSSR count). The van der Waals surface area contributed by atoms with Crippen molar-refractivity contribution >= 4 is 0 Å². The molecule has 0 aliphatic rings. The molecule has 0 aromatic carbocycles. The van der Waals surface area contributed by atoms with Crippen LogP contribution in [-0.4, -0.2) is 23.9 Å². The molecule has 0 aliphatic heterocycles. The van der Waals surface area contributed by atoms with Crippen molar-refractivity contribution in [1.29, 1.82) is 0 Å². The predicted molar refractivity (Wildman–Crippen MR) is 55.9 cm³/mol. The monoisotopic (exact) mass is 188 g/mol. The summed E-state index contributed by atoms with van der Waals surface area (Å²) < 4.78 is 5.39. The largest absolute Gasteiger partial charge is 0.388 e. The van der Waals surface area contributed by atoms with Gasteiger partial charge in [-0.15, -0.1) is 0 Å². The molecule has 0 heterocycles. The fourth-order valence-corrected chi connectivity index (χ4v) is 1.03. The molecule has 0 amide bonds. The molecule has 0 fully saturated rings. The Morgan fingerprint density at radius 2 is 1.85 bits per heavy atom. The van der Waals surface area contributed by atoms with E-state index in [9.17, 15) is 5.11 Å². The maximum Gasteiger partial charge on any atom is 0.0849 e. The van der Waals surface area contributed by atoms with Gasteiger partial charge in [0.05, 0.1) is 12.2 Å². The van der Waals surface area contributed by atoms with Crippen LogP contribution < -0.4 is 0 Å².